The Morgan fingerprint density at radius 1 is 1.18 bits per heavy atom. The molecule has 0 bridgehead atoms. The Hall–Kier alpha value is -2.46. The third kappa shape index (κ3) is 3.74. The lowest BCUT2D eigenvalue weighted by Crippen LogP contribution is -2.36. The van der Waals surface area contributed by atoms with Crippen LogP contribution in [0.1, 0.15) is 45.2 Å². The fraction of sp³-hybridized carbons (Fsp3) is 0.348. The summed E-state index contributed by atoms with van der Waals surface area (Å²) in [4.78, 5) is 17.6. The zero-order valence-corrected chi connectivity index (χ0v) is 17.2. The fourth-order valence-corrected chi connectivity index (χ4v) is 4.11. The minimum atomic E-state index is -0.484. The average molecular weight is 397 g/mol. The summed E-state index contributed by atoms with van der Waals surface area (Å²) in [5.74, 6) is 0. The van der Waals surface area contributed by atoms with E-state index in [2.05, 4.69) is 35.3 Å². The normalized spacial score (nSPS) is 17.3. The summed E-state index contributed by atoms with van der Waals surface area (Å²) in [6.07, 6.45) is 3.62. The molecule has 2 heterocycles. The lowest BCUT2D eigenvalue weighted by Gasteiger charge is -2.29. The van der Waals surface area contributed by atoms with Crippen molar-refractivity contribution in [1.29, 1.82) is 0 Å². The first-order valence-electron chi connectivity index (χ1n) is 9.68. The minimum absolute atomic E-state index is 0.0616. The van der Waals surface area contributed by atoms with Gasteiger partial charge in [-0.05, 0) is 62.9 Å². The molecule has 1 saturated heterocycles. The average Bonchev–Trinajstić information content (AvgIpc) is 3.28. The first-order chi connectivity index (χ1) is 13.3. The minimum Gasteiger partial charge on any atom is -0.444 e. The number of halogens is 1. The van der Waals surface area contributed by atoms with Gasteiger partial charge in [-0.3, -0.25) is 0 Å². The number of H-pyrrole nitrogens is 1. The molecule has 1 N–H and O–H groups in total. The van der Waals surface area contributed by atoms with Gasteiger partial charge in [-0.1, -0.05) is 35.9 Å². The number of aromatic nitrogens is 1. The Morgan fingerprint density at radius 2 is 1.93 bits per heavy atom. The molecule has 1 aromatic heterocycles. The van der Waals surface area contributed by atoms with Crippen molar-refractivity contribution in [3.8, 4) is 11.1 Å². The predicted octanol–water partition coefficient (Wildman–Crippen LogP) is 6.56. The summed E-state index contributed by atoms with van der Waals surface area (Å²) in [7, 11) is 0. The number of rotatable bonds is 2. The van der Waals surface area contributed by atoms with Gasteiger partial charge in [0.05, 0.1) is 11.1 Å². The lowest BCUT2D eigenvalue weighted by atomic mass is 9.99. The molecular weight excluding hydrogens is 372 g/mol. The van der Waals surface area contributed by atoms with E-state index in [0.717, 1.165) is 52.0 Å². The van der Waals surface area contributed by atoms with Gasteiger partial charge in [-0.2, -0.15) is 0 Å². The van der Waals surface area contributed by atoms with Gasteiger partial charge in [0.1, 0.15) is 5.60 Å². The molecule has 4 rings (SSSR count). The van der Waals surface area contributed by atoms with Gasteiger partial charge < -0.3 is 14.6 Å². The van der Waals surface area contributed by atoms with E-state index in [0.29, 0.717) is 0 Å². The zero-order valence-electron chi connectivity index (χ0n) is 16.5. The molecule has 5 heteroatoms. The number of nitrogens with one attached hydrogen (secondary N) is 1. The topological polar surface area (TPSA) is 45.3 Å². The highest BCUT2D eigenvalue weighted by atomic mass is 35.5. The van der Waals surface area contributed by atoms with Gasteiger partial charge in [0, 0.05) is 29.2 Å². The van der Waals surface area contributed by atoms with Gasteiger partial charge in [0.15, 0.2) is 0 Å². The number of carbonyl (C=O) groups excluding carboxylic acids is 1. The van der Waals surface area contributed by atoms with Crippen LogP contribution in [0.2, 0.25) is 5.02 Å². The summed E-state index contributed by atoms with van der Waals surface area (Å²) >= 11 is 6.50. The molecule has 1 unspecified atom stereocenters. The summed E-state index contributed by atoms with van der Waals surface area (Å²) in [6.45, 7) is 6.43. The van der Waals surface area contributed by atoms with Crippen LogP contribution >= 0.6 is 11.6 Å². The molecule has 28 heavy (non-hydrogen) atoms. The second-order valence-electron chi connectivity index (χ2n) is 8.35. The van der Waals surface area contributed by atoms with Crippen molar-refractivity contribution >= 4 is 28.6 Å². The number of aromatic amines is 1. The van der Waals surface area contributed by atoms with Crippen LogP contribution in [0.3, 0.4) is 0 Å². The van der Waals surface area contributed by atoms with Crippen LogP contribution in [0.15, 0.2) is 48.7 Å². The Kier molecular flexibility index (Phi) is 4.84. The zero-order chi connectivity index (χ0) is 19.9. The number of hydrogen-bond donors (Lipinski definition) is 1. The molecule has 1 fully saturated rings. The molecule has 1 aliphatic heterocycles. The third-order valence-electron chi connectivity index (χ3n) is 5.13. The van der Waals surface area contributed by atoms with Crippen LogP contribution in [-0.4, -0.2) is 28.1 Å². The Balaban J connectivity index is 1.58. The standard InChI is InChI=1S/C23H25ClN2O2/c1-23(2,3)28-22(27)26-12-4-5-21(26)16-8-6-15(7-9-16)18-13-17-10-11-25-20(17)14-19(18)24/h6-11,13-14,21,25H,4-5,12H2,1-3H3. The van der Waals surface area contributed by atoms with Crippen LogP contribution < -0.4 is 0 Å². The van der Waals surface area contributed by atoms with Gasteiger partial charge in [-0.25, -0.2) is 4.79 Å². The van der Waals surface area contributed by atoms with Crippen molar-refractivity contribution in [2.75, 3.05) is 6.54 Å². The van der Waals surface area contributed by atoms with Crippen molar-refractivity contribution in [2.45, 2.75) is 45.3 Å². The van der Waals surface area contributed by atoms with E-state index >= 15 is 0 Å². The van der Waals surface area contributed by atoms with Crippen molar-refractivity contribution in [3.05, 3.63) is 59.2 Å². The molecular formula is C23H25ClN2O2. The smallest absolute Gasteiger partial charge is 0.410 e. The van der Waals surface area contributed by atoms with E-state index in [1.807, 2.05) is 44.0 Å². The van der Waals surface area contributed by atoms with E-state index in [1.54, 1.807) is 0 Å². The molecule has 146 valence electrons. The molecule has 1 aliphatic rings. The molecule has 0 radical (unpaired) electrons. The highest BCUT2D eigenvalue weighted by Gasteiger charge is 2.33. The Bertz CT molecular complexity index is 1000. The lowest BCUT2D eigenvalue weighted by molar-refractivity contribution is 0.0224. The largest absolute Gasteiger partial charge is 0.444 e. The molecule has 3 aromatic rings. The monoisotopic (exact) mass is 396 g/mol. The first-order valence-corrected chi connectivity index (χ1v) is 10.1. The second-order valence-corrected chi connectivity index (χ2v) is 8.76. The van der Waals surface area contributed by atoms with Crippen LogP contribution in [0, 0.1) is 0 Å². The van der Waals surface area contributed by atoms with E-state index in [4.69, 9.17) is 16.3 Å². The van der Waals surface area contributed by atoms with Gasteiger partial charge in [0.25, 0.3) is 0 Å². The SMILES string of the molecule is CC(C)(C)OC(=O)N1CCCC1c1ccc(-c2cc3cc[nH]c3cc2Cl)cc1. The maximum atomic E-state index is 12.6. The van der Waals surface area contributed by atoms with Gasteiger partial charge >= 0.3 is 6.09 Å². The summed E-state index contributed by atoms with van der Waals surface area (Å²) < 4.78 is 5.58. The van der Waals surface area contributed by atoms with E-state index in [9.17, 15) is 4.79 Å². The molecule has 1 amide bonds. The quantitative estimate of drug-likeness (QED) is 0.533. The number of amides is 1. The van der Waals surface area contributed by atoms with E-state index < -0.39 is 5.60 Å². The highest BCUT2D eigenvalue weighted by Crippen LogP contribution is 2.36. The number of ether oxygens (including phenoxy) is 1. The number of nitrogens with zero attached hydrogens (tertiary/aromatic N) is 1. The van der Waals surface area contributed by atoms with Crippen molar-refractivity contribution in [1.82, 2.24) is 9.88 Å². The van der Waals surface area contributed by atoms with Gasteiger partial charge in [-0.15, -0.1) is 0 Å². The highest BCUT2D eigenvalue weighted by molar-refractivity contribution is 6.34. The Labute approximate surface area is 170 Å². The van der Waals surface area contributed by atoms with Crippen LogP contribution in [-0.2, 0) is 4.74 Å². The molecule has 0 spiro atoms. The fourth-order valence-electron chi connectivity index (χ4n) is 3.83. The molecule has 0 saturated carbocycles. The Morgan fingerprint density at radius 3 is 2.64 bits per heavy atom. The molecule has 4 nitrogen and oxygen atoms in total. The van der Waals surface area contributed by atoms with Crippen molar-refractivity contribution < 1.29 is 9.53 Å². The van der Waals surface area contributed by atoms with Crippen molar-refractivity contribution in [3.63, 3.8) is 0 Å². The number of hydrogen-bond acceptors (Lipinski definition) is 2. The first kappa shape index (κ1) is 18.9. The molecule has 2 aromatic carbocycles. The summed E-state index contributed by atoms with van der Waals surface area (Å²) in [5, 5.41) is 1.86. The summed E-state index contributed by atoms with van der Waals surface area (Å²) in [6, 6.07) is 14.5. The maximum Gasteiger partial charge on any atom is 0.410 e. The van der Waals surface area contributed by atoms with Crippen molar-refractivity contribution in [2.24, 2.45) is 0 Å². The number of carbonyl (C=O) groups is 1. The number of fused-ring (bicyclic) bond motifs is 1. The second kappa shape index (κ2) is 7.17. The molecule has 1 atom stereocenters. The third-order valence-corrected chi connectivity index (χ3v) is 5.44. The van der Waals surface area contributed by atoms with E-state index in [-0.39, 0.29) is 12.1 Å². The van der Waals surface area contributed by atoms with Crippen LogP contribution in [0.5, 0.6) is 0 Å². The summed E-state index contributed by atoms with van der Waals surface area (Å²) in [5.41, 5.74) is 3.76. The predicted molar refractivity (Wildman–Crippen MR) is 114 cm³/mol. The number of benzene rings is 2. The van der Waals surface area contributed by atoms with Crippen LogP contribution in [0.4, 0.5) is 4.79 Å². The molecule has 0 aliphatic carbocycles. The van der Waals surface area contributed by atoms with Crippen LogP contribution in [0.25, 0.3) is 22.0 Å². The number of likely N-dealkylation sites (tertiary alicyclic amines) is 1. The maximum absolute atomic E-state index is 12.6. The van der Waals surface area contributed by atoms with Gasteiger partial charge in [0.2, 0.25) is 0 Å². The van der Waals surface area contributed by atoms with E-state index in [1.165, 1.54) is 0 Å².